The van der Waals surface area contributed by atoms with Crippen molar-refractivity contribution in [3.8, 4) is 5.88 Å². The molecule has 0 aliphatic rings. The van der Waals surface area contributed by atoms with Crippen LogP contribution in [0.4, 0.5) is 5.82 Å². The number of anilines is 1. The molecule has 0 unspecified atom stereocenters. The molecule has 0 radical (unpaired) electrons. The zero-order valence-corrected chi connectivity index (χ0v) is 9.12. The van der Waals surface area contributed by atoms with Crippen molar-refractivity contribution in [2.24, 2.45) is 5.73 Å². The zero-order valence-electron chi connectivity index (χ0n) is 6.97. The smallest absolute Gasteiger partial charge is 0.228 e. The fourth-order valence-electron chi connectivity index (χ4n) is 0.844. The van der Waals surface area contributed by atoms with E-state index in [9.17, 15) is 0 Å². The third-order valence-corrected chi connectivity index (χ3v) is 2.23. The summed E-state index contributed by atoms with van der Waals surface area (Å²) < 4.78 is 5.73. The molecular formula is C7H9IN4O. The van der Waals surface area contributed by atoms with E-state index in [0.29, 0.717) is 11.4 Å². The van der Waals surface area contributed by atoms with Gasteiger partial charge in [0.1, 0.15) is 11.7 Å². The minimum absolute atomic E-state index is 0.0921. The predicted octanol–water partition coefficient (Wildman–Crippen LogP) is 0.561. The fourth-order valence-corrected chi connectivity index (χ4v) is 1.50. The molecule has 70 valence electrons. The molecule has 0 spiro atoms. The number of aromatic nitrogens is 1. The van der Waals surface area contributed by atoms with E-state index in [1.807, 2.05) is 22.6 Å². The molecule has 0 atom stereocenters. The van der Waals surface area contributed by atoms with Crippen LogP contribution in [-0.2, 0) is 0 Å². The molecule has 5 N–H and O–H groups in total. The highest BCUT2D eigenvalue weighted by Gasteiger charge is 2.09. The SMILES string of the molecule is COc1nc(N)c(C(=N)N)cc1I. The summed E-state index contributed by atoms with van der Waals surface area (Å²) in [5.74, 6) is 0.568. The lowest BCUT2D eigenvalue weighted by Gasteiger charge is -2.07. The van der Waals surface area contributed by atoms with Gasteiger partial charge in [0.05, 0.1) is 16.2 Å². The summed E-state index contributed by atoms with van der Waals surface area (Å²) in [5, 5.41) is 7.21. The zero-order chi connectivity index (χ0) is 10.0. The van der Waals surface area contributed by atoms with Crippen LogP contribution in [0.1, 0.15) is 5.56 Å². The van der Waals surface area contributed by atoms with Crippen LogP contribution in [-0.4, -0.2) is 17.9 Å². The van der Waals surface area contributed by atoms with Gasteiger partial charge in [0.25, 0.3) is 0 Å². The molecule has 0 aliphatic carbocycles. The lowest BCUT2D eigenvalue weighted by Crippen LogP contribution is -2.15. The van der Waals surface area contributed by atoms with Crippen molar-refractivity contribution in [3.05, 3.63) is 15.2 Å². The Balaban J connectivity index is 3.28. The third-order valence-electron chi connectivity index (χ3n) is 1.46. The summed E-state index contributed by atoms with van der Waals surface area (Å²) in [7, 11) is 1.51. The van der Waals surface area contributed by atoms with Gasteiger partial charge in [-0.1, -0.05) is 0 Å². The Bertz CT molecular complexity index is 353. The normalized spacial score (nSPS) is 9.69. The number of hydrogen-bond acceptors (Lipinski definition) is 4. The molecule has 13 heavy (non-hydrogen) atoms. The van der Waals surface area contributed by atoms with E-state index in [1.54, 1.807) is 6.07 Å². The molecule has 1 heterocycles. The van der Waals surface area contributed by atoms with Crippen molar-refractivity contribution in [2.75, 3.05) is 12.8 Å². The molecule has 0 saturated carbocycles. The molecule has 1 aromatic rings. The van der Waals surface area contributed by atoms with E-state index in [0.717, 1.165) is 3.57 Å². The van der Waals surface area contributed by atoms with Crippen molar-refractivity contribution >= 4 is 34.2 Å². The number of methoxy groups -OCH3 is 1. The van der Waals surface area contributed by atoms with E-state index < -0.39 is 0 Å². The second kappa shape index (κ2) is 3.77. The van der Waals surface area contributed by atoms with Crippen molar-refractivity contribution in [2.45, 2.75) is 0 Å². The third kappa shape index (κ3) is 2.00. The van der Waals surface area contributed by atoms with Crippen LogP contribution >= 0.6 is 22.6 Å². The number of hydrogen-bond donors (Lipinski definition) is 3. The van der Waals surface area contributed by atoms with Gasteiger partial charge >= 0.3 is 0 Å². The fraction of sp³-hybridized carbons (Fsp3) is 0.143. The Morgan fingerprint density at radius 3 is 2.77 bits per heavy atom. The molecule has 5 nitrogen and oxygen atoms in total. The summed E-state index contributed by atoms with van der Waals surface area (Å²) in [6.45, 7) is 0. The standard InChI is InChI=1S/C7H9IN4O/c1-13-7-4(8)2-3(5(9)10)6(11)12-7/h2H,1H3,(H3,9,10)(H2,11,12). The van der Waals surface area contributed by atoms with Crippen LogP contribution < -0.4 is 16.2 Å². The van der Waals surface area contributed by atoms with Crippen molar-refractivity contribution in [3.63, 3.8) is 0 Å². The number of amidine groups is 1. The van der Waals surface area contributed by atoms with E-state index in [4.69, 9.17) is 21.6 Å². The minimum Gasteiger partial charge on any atom is -0.480 e. The van der Waals surface area contributed by atoms with Gasteiger partial charge in [0, 0.05) is 0 Å². The average molecular weight is 292 g/mol. The van der Waals surface area contributed by atoms with Gasteiger partial charge in [-0.15, -0.1) is 0 Å². The number of halogens is 1. The summed E-state index contributed by atoms with van der Waals surface area (Å²) in [6.07, 6.45) is 0. The minimum atomic E-state index is -0.0921. The highest BCUT2D eigenvalue weighted by atomic mass is 127. The van der Waals surface area contributed by atoms with Crippen LogP contribution in [0.15, 0.2) is 6.07 Å². The van der Waals surface area contributed by atoms with Crippen molar-refractivity contribution in [1.82, 2.24) is 4.98 Å². The molecule has 1 rings (SSSR count). The van der Waals surface area contributed by atoms with Crippen molar-refractivity contribution < 1.29 is 4.74 Å². The molecule has 0 aromatic carbocycles. The number of pyridine rings is 1. The van der Waals surface area contributed by atoms with Crippen LogP contribution in [0.2, 0.25) is 0 Å². The average Bonchev–Trinajstić information content (AvgIpc) is 2.07. The highest BCUT2D eigenvalue weighted by molar-refractivity contribution is 14.1. The number of nitrogens with one attached hydrogen (secondary N) is 1. The topological polar surface area (TPSA) is 98.0 Å². The monoisotopic (exact) mass is 292 g/mol. The second-order valence-electron chi connectivity index (χ2n) is 2.33. The molecule has 1 aromatic heterocycles. The van der Waals surface area contributed by atoms with Crippen LogP contribution in [0.3, 0.4) is 0 Å². The maximum atomic E-state index is 7.21. The Kier molecular flexibility index (Phi) is 2.91. The Hall–Kier alpha value is -1.05. The van der Waals surface area contributed by atoms with Gasteiger partial charge in [0.15, 0.2) is 0 Å². The quantitative estimate of drug-likeness (QED) is 0.421. The lowest BCUT2D eigenvalue weighted by molar-refractivity contribution is 0.395. The van der Waals surface area contributed by atoms with Gasteiger partial charge in [-0.05, 0) is 28.7 Å². The van der Waals surface area contributed by atoms with E-state index in [1.165, 1.54) is 7.11 Å². The van der Waals surface area contributed by atoms with Crippen LogP contribution in [0.5, 0.6) is 5.88 Å². The van der Waals surface area contributed by atoms with Crippen molar-refractivity contribution in [1.29, 1.82) is 5.41 Å². The van der Waals surface area contributed by atoms with Gasteiger partial charge in [0.2, 0.25) is 5.88 Å². The van der Waals surface area contributed by atoms with Gasteiger partial charge in [-0.25, -0.2) is 0 Å². The molecule has 0 bridgehead atoms. The number of rotatable bonds is 2. The van der Waals surface area contributed by atoms with Crippen LogP contribution in [0, 0.1) is 8.98 Å². The number of nitrogens with two attached hydrogens (primary N) is 2. The lowest BCUT2D eigenvalue weighted by atomic mass is 10.2. The van der Waals surface area contributed by atoms with Crippen LogP contribution in [0.25, 0.3) is 0 Å². The van der Waals surface area contributed by atoms with Gasteiger partial charge in [-0.2, -0.15) is 4.98 Å². The first kappa shape index (κ1) is 10.0. The first-order chi connectivity index (χ1) is 6.06. The van der Waals surface area contributed by atoms with E-state index in [-0.39, 0.29) is 11.7 Å². The van der Waals surface area contributed by atoms with E-state index >= 15 is 0 Å². The second-order valence-corrected chi connectivity index (χ2v) is 3.49. The summed E-state index contributed by atoms with van der Waals surface area (Å²) in [6, 6.07) is 1.67. The molecular weight excluding hydrogens is 283 g/mol. The summed E-state index contributed by atoms with van der Waals surface area (Å²) in [5.41, 5.74) is 11.3. The van der Waals surface area contributed by atoms with Gasteiger partial charge in [-0.3, -0.25) is 5.41 Å². The molecule has 0 saturated heterocycles. The maximum Gasteiger partial charge on any atom is 0.228 e. The molecule has 0 aliphatic heterocycles. The Labute approximate surface area is 89.1 Å². The first-order valence-electron chi connectivity index (χ1n) is 3.40. The number of ether oxygens (including phenoxy) is 1. The first-order valence-corrected chi connectivity index (χ1v) is 4.48. The largest absolute Gasteiger partial charge is 0.480 e. The highest BCUT2D eigenvalue weighted by Crippen LogP contribution is 2.22. The molecule has 0 fully saturated rings. The molecule has 0 amide bonds. The van der Waals surface area contributed by atoms with E-state index in [2.05, 4.69) is 4.98 Å². The predicted molar refractivity (Wildman–Crippen MR) is 58.9 cm³/mol. The maximum absolute atomic E-state index is 7.21. The van der Waals surface area contributed by atoms with Gasteiger partial charge < -0.3 is 16.2 Å². The Morgan fingerprint density at radius 2 is 2.31 bits per heavy atom. The summed E-state index contributed by atoms with van der Waals surface area (Å²) >= 11 is 2.04. The number of nitrogen functional groups attached to an aromatic ring is 2. The summed E-state index contributed by atoms with van der Waals surface area (Å²) in [4.78, 5) is 3.94. The molecule has 6 heteroatoms. The Morgan fingerprint density at radius 1 is 1.69 bits per heavy atom. The number of nitrogens with zero attached hydrogens (tertiary/aromatic N) is 1.